The van der Waals surface area contributed by atoms with E-state index in [0.717, 1.165) is 4.31 Å². The lowest BCUT2D eigenvalue weighted by molar-refractivity contribution is -0.116. The van der Waals surface area contributed by atoms with Crippen LogP contribution in [0, 0.1) is 6.92 Å². The Morgan fingerprint density at radius 3 is 2.39 bits per heavy atom. The van der Waals surface area contributed by atoms with Crippen LogP contribution >= 0.6 is 0 Å². The molecule has 8 heteroatoms. The Bertz CT molecular complexity index is 1060. The number of nitrogens with one attached hydrogen (secondary N) is 1. The van der Waals surface area contributed by atoms with E-state index in [1.165, 1.54) is 25.1 Å². The van der Waals surface area contributed by atoms with E-state index >= 15 is 0 Å². The van der Waals surface area contributed by atoms with Gasteiger partial charge in [0.25, 0.3) is 5.91 Å². The average molecular weight is 399 g/mol. The Morgan fingerprint density at radius 1 is 1.14 bits per heavy atom. The lowest BCUT2D eigenvalue weighted by Gasteiger charge is -2.18. The molecule has 146 valence electrons. The van der Waals surface area contributed by atoms with Crippen molar-refractivity contribution in [1.29, 1.82) is 0 Å². The van der Waals surface area contributed by atoms with Gasteiger partial charge in [-0.25, -0.2) is 12.7 Å². The smallest absolute Gasteiger partial charge is 0.259 e. The van der Waals surface area contributed by atoms with E-state index in [0.29, 0.717) is 28.1 Å². The number of hydrogen-bond donors (Lipinski definition) is 1. The van der Waals surface area contributed by atoms with E-state index in [-0.39, 0.29) is 17.3 Å². The molecular formula is C20H21N3O4S. The van der Waals surface area contributed by atoms with Crippen molar-refractivity contribution in [2.75, 3.05) is 26.0 Å². The van der Waals surface area contributed by atoms with Crippen LogP contribution in [0.3, 0.4) is 0 Å². The molecule has 28 heavy (non-hydrogen) atoms. The monoisotopic (exact) mass is 399 g/mol. The molecule has 2 aromatic carbocycles. The summed E-state index contributed by atoms with van der Waals surface area (Å²) in [7, 11) is -0.745. The maximum atomic E-state index is 12.5. The van der Waals surface area contributed by atoms with Crippen molar-refractivity contribution in [2.24, 2.45) is 0 Å². The van der Waals surface area contributed by atoms with Crippen molar-refractivity contribution in [1.82, 2.24) is 9.21 Å². The first-order valence-electron chi connectivity index (χ1n) is 8.56. The number of aryl methyl sites for hydroxylation is 1. The molecule has 0 atom stereocenters. The molecule has 0 aliphatic carbocycles. The molecule has 1 aliphatic rings. The zero-order valence-corrected chi connectivity index (χ0v) is 16.7. The molecule has 1 N–H and O–H groups in total. The van der Waals surface area contributed by atoms with Crippen molar-refractivity contribution < 1.29 is 18.0 Å². The van der Waals surface area contributed by atoms with Gasteiger partial charge in [-0.05, 0) is 30.7 Å². The number of amides is 2. The molecule has 2 aromatic rings. The third-order valence-corrected chi connectivity index (χ3v) is 6.53. The lowest BCUT2D eigenvalue weighted by atomic mass is 10.1. The second-order valence-corrected chi connectivity index (χ2v) is 8.82. The highest BCUT2D eigenvalue weighted by atomic mass is 32.2. The quantitative estimate of drug-likeness (QED) is 0.836. The minimum atomic E-state index is -3.64. The normalized spacial score (nSPS) is 13.8. The maximum absolute atomic E-state index is 12.5. The Hall–Kier alpha value is -2.97. The predicted octanol–water partition coefficient (Wildman–Crippen LogP) is 2.31. The molecule has 0 saturated carbocycles. The van der Waals surface area contributed by atoms with Crippen LogP contribution in [0.4, 0.5) is 5.69 Å². The fraction of sp³-hybridized carbons (Fsp3) is 0.200. The molecule has 2 amide bonds. The van der Waals surface area contributed by atoms with Crippen LogP contribution in [-0.4, -0.2) is 50.1 Å². The standard InChI is InChI=1S/C20H21N3O4S/c1-13-9-10-15(11-18(13)28(26,27)22(3)4)21-19(24)12-23-14(2)16-7-5-6-8-17(16)20(23)25/h5-11H,2,12H2,1,3-4H3,(H,21,24). The maximum Gasteiger partial charge on any atom is 0.259 e. The second kappa shape index (κ2) is 7.21. The van der Waals surface area contributed by atoms with Gasteiger partial charge in [-0.2, -0.15) is 0 Å². The van der Waals surface area contributed by atoms with Gasteiger partial charge in [-0.3, -0.25) is 14.5 Å². The van der Waals surface area contributed by atoms with Crippen LogP contribution in [0.5, 0.6) is 0 Å². The third-order valence-electron chi connectivity index (χ3n) is 4.57. The van der Waals surface area contributed by atoms with Crippen molar-refractivity contribution in [3.63, 3.8) is 0 Å². The van der Waals surface area contributed by atoms with E-state index in [1.807, 2.05) is 0 Å². The van der Waals surface area contributed by atoms with Crippen LogP contribution in [-0.2, 0) is 14.8 Å². The van der Waals surface area contributed by atoms with E-state index in [9.17, 15) is 18.0 Å². The molecule has 1 aliphatic heterocycles. The van der Waals surface area contributed by atoms with Gasteiger partial charge < -0.3 is 5.32 Å². The average Bonchev–Trinajstić information content (AvgIpc) is 2.88. The van der Waals surface area contributed by atoms with Crippen molar-refractivity contribution in [3.05, 3.63) is 65.7 Å². The highest BCUT2D eigenvalue weighted by Gasteiger charge is 2.32. The lowest BCUT2D eigenvalue weighted by Crippen LogP contribution is -2.32. The second-order valence-electron chi connectivity index (χ2n) is 6.70. The Morgan fingerprint density at radius 2 is 1.79 bits per heavy atom. The molecule has 3 rings (SSSR count). The molecule has 7 nitrogen and oxygen atoms in total. The van der Waals surface area contributed by atoms with Crippen LogP contribution < -0.4 is 5.32 Å². The Labute approximate surface area is 164 Å². The zero-order valence-electron chi connectivity index (χ0n) is 15.9. The summed E-state index contributed by atoms with van der Waals surface area (Å²) in [6, 6.07) is 11.7. The Kier molecular flexibility index (Phi) is 5.10. The molecule has 0 radical (unpaired) electrons. The first-order valence-corrected chi connectivity index (χ1v) is 10.00. The summed E-state index contributed by atoms with van der Waals surface area (Å²) >= 11 is 0. The van der Waals surface area contributed by atoms with E-state index in [4.69, 9.17) is 0 Å². The summed E-state index contributed by atoms with van der Waals surface area (Å²) in [5, 5.41) is 2.66. The number of sulfonamides is 1. The molecular weight excluding hydrogens is 378 g/mol. The van der Waals surface area contributed by atoms with Crippen LogP contribution in [0.1, 0.15) is 21.5 Å². The minimum absolute atomic E-state index is 0.115. The summed E-state index contributed by atoms with van der Waals surface area (Å²) in [6.07, 6.45) is 0. The molecule has 0 bridgehead atoms. The van der Waals surface area contributed by atoms with Crippen LogP contribution in [0.25, 0.3) is 5.70 Å². The summed E-state index contributed by atoms with van der Waals surface area (Å²) in [5.41, 5.74) is 2.59. The summed E-state index contributed by atoms with van der Waals surface area (Å²) < 4.78 is 26.0. The minimum Gasteiger partial charge on any atom is -0.324 e. The van der Waals surface area contributed by atoms with Crippen LogP contribution in [0.15, 0.2) is 53.9 Å². The van der Waals surface area contributed by atoms with E-state index in [1.54, 1.807) is 43.3 Å². The molecule has 0 fully saturated rings. The van der Waals surface area contributed by atoms with Gasteiger partial charge in [0.1, 0.15) is 6.54 Å². The number of fused-ring (bicyclic) bond motifs is 1. The fourth-order valence-corrected chi connectivity index (χ4v) is 4.14. The van der Waals surface area contributed by atoms with Gasteiger partial charge in [-0.15, -0.1) is 0 Å². The first kappa shape index (κ1) is 19.8. The highest BCUT2D eigenvalue weighted by Crippen LogP contribution is 2.31. The van der Waals surface area contributed by atoms with Gasteiger partial charge in [0.05, 0.1) is 4.90 Å². The van der Waals surface area contributed by atoms with Gasteiger partial charge >= 0.3 is 0 Å². The van der Waals surface area contributed by atoms with Crippen molar-refractivity contribution in [2.45, 2.75) is 11.8 Å². The number of benzene rings is 2. The number of nitrogens with zero attached hydrogens (tertiary/aromatic N) is 2. The Balaban J connectivity index is 1.78. The fourth-order valence-electron chi connectivity index (χ4n) is 3.00. The number of hydrogen-bond acceptors (Lipinski definition) is 4. The van der Waals surface area contributed by atoms with E-state index < -0.39 is 15.9 Å². The van der Waals surface area contributed by atoms with Crippen molar-refractivity contribution >= 4 is 33.2 Å². The number of carbonyl (C=O) groups is 2. The van der Waals surface area contributed by atoms with Crippen molar-refractivity contribution in [3.8, 4) is 0 Å². The molecule has 0 spiro atoms. The van der Waals surface area contributed by atoms with Gasteiger partial charge in [-0.1, -0.05) is 30.8 Å². The third kappa shape index (κ3) is 3.44. The largest absolute Gasteiger partial charge is 0.324 e. The summed E-state index contributed by atoms with van der Waals surface area (Å²) in [6.45, 7) is 5.38. The topological polar surface area (TPSA) is 86.8 Å². The summed E-state index contributed by atoms with van der Waals surface area (Å²) in [4.78, 5) is 26.4. The number of rotatable bonds is 5. The molecule has 0 saturated heterocycles. The SMILES string of the molecule is C=C1c2ccccc2C(=O)N1CC(=O)Nc1ccc(C)c(S(=O)(=O)N(C)C)c1. The van der Waals surface area contributed by atoms with Gasteiger partial charge in [0.2, 0.25) is 15.9 Å². The summed E-state index contributed by atoms with van der Waals surface area (Å²) in [5.74, 6) is -0.727. The van der Waals surface area contributed by atoms with Gasteiger partial charge in [0, 0.05) is 36.6 Å². The molecule has 1 heterocycles. The first-order chi connectivity index (χ1) is 13.1. The number of anilines is 1. The van der Waals surface area contributed by atoms with Crippen LogP contribution in [0.2, 0.25) is 0 Å². The van der Waals surface area contributed by atoms with E-state index in [2.05, 4.69) is 11.9 Å². The molecule has 0 unspecified atom stereocenters. The number of carbonyl (C=O) groups excluding carboxylic acids is 2. The van der Waals surface area contributed by atoms with Gasteiger partial charge in [0.15, 0.2) is 0 Å². The zero-order chi connectivity index (χ0) is 20.6. The predicted molar refractivity (Wildman–Crippen MR) is 107 cm³/mol. The molecule has 0 aromatic heterocycles. The highest BCUT2D eigenvalue weighted by molar-refractivity contribution is 7.89.